The fourth-order valence-corrected chi connectivity index (χ4v) is 1.47. The third-order valence-electron chi connectivity index (χ3n) is 2.14. The van der Waals surface area contributed by atoms with Gasteiger partial charge in [-0.25, -0.2) is 0 Å². The lowest BCUT2D eigenvalue weighted by atomic mass is 10.1. The van der Waals surface area contributed by atoms with E-state index in [-0.39, 0.29) is 6.29 Å². The molecule has 0 amide bonds. The highest BCUT2D eigenvalue weighted by atomic mass is 16.7. The van der Waals surface area contributed by atoms with E-state index in [9.17, 15) is 0 Å². The number of methoxy groups -OCH3 is 1. The van der Waals surface area contributed by atoms with Gasteiger partial charge in [0.2, 0.25) is 0 Å². The van der Waals surface area contributed by atoms with Crippen LogP contribution in [-0.4, -0.2) is 13.4 Å². The molecule has 1 aliphatic rings. The summed E-state index contributed by atoms with van der Waals surface area (Å²) >= 11 is 0. The fourth-order valence-electron chi connectivity index (χ4n) is 1.47. The van der Waals surface area contributed by atoms with Gasteiger partial charge in [-0.1, -0.05) is 18.2 Å². The van der Waals surface area contributed by atoms with Crippen LogP contribution in [0, 0.1) is 0 Å². The maximum atomic E-state index is 5.56. The van der Waals surface area contributed by atoms with Gasteiger partial charge in [0.15, 0.2) is 6.29 Å². The van der Waals surface area contributed by atoms with Crippen LogP contribution in [0.25, 0.3) is 0 Å². The van der Waals surface area contributed by atoms with Gasteiger partial charge in [0.25, 0.3) is 0 Å². The Morgan fingerprint density at radius 3 is 3.08 bits per heavy atom. The highest BCUT2D eigenvalue weighted by Gasteiger charge is 2.17. The van der Waals surface area contributed by atoms with E-state index in [1.807, 2.05) is 18.2 Å². The van der Waals surface area contributed by atoms with E-state index in [0.29, 0.717) is 0 Å². The minimum atomic E-state index is -0.0556. The number of ether oxygens (including phenoxy) is 2. The number of hydrogen-bond donors (Lipinski definition) is 0. The molecular weight excluding hydrogens is 152 g/mol. The number of fused-ring (bicyclic) bond motifs is 1. The number of hydrogen-bond acceptors (Lipinski definition) is 2. The Hall–Kier alpha value is -1.02. The zero-order valence-corrected chi connectivity index (χ0v) is 7.12. The molecule has 1 aliphatic heterocycles. The Morgan fingerprint density at radius 2 is 2.25 bits per heavy atom. The molecule has 0 N–H and O–H groups in total. The van der Waals surface area contributed by atoms with E-state index in [4.69, 9.17) is 9.47 Å². The van der Waals surface area contributed by atoms with Crippen molar-refractivity contribution in [1.82, 2.24) is 0 Å². The normalized spacial score (nSPS) is 21.2. The summed E-state index contributed by atoms with van der Waals surface area (Å²) in [5, 5.41) is 0. The van der Waals surface area contributed by atoms with Crippen LogP contribution in [0.2, 0.25) is 0 Å². The minimum absolute atomic E-state index is 0.0556. The molecule has 0 bridgehead atoms. The number of aryl methyl sites for hydroxylation is 1. The van der Waals surface area contributed by atoms with Crippen molar-refractivity contribution in [1.29, 1.82) is 0 Å². The molecule has 0 saturated heterocycles. The van der Waals surface area contributed by atoms with Crippen LogP contribution >= 0.6 is 0 Å². The van der Waals surface area contributed by atoms with Crippen molar-refractivity contribution in [3.05, 3.63) is 29.8 Å². The fraction of sp³-hybridized carbons (Fsp3) is 0.400. The highest BCUT2D eigenvalue weighted by Crippen LogP contribution is 2.26. The largest absolute Gasteiger partial charge is 0.465 e. The summed E-state index contributed by atoms with van der Waals surface area (Å²) in [5.74, 6) is 0.968. The molecule has 1 aromatic carbocycles. The first-order valence-electron chi connectivity index (χ1n) is 4.17. The van der Waals surface area contributed by atoms with Crippen LogP contribution in [0.4, 0.5) is 0 Å². The SMILES string of the molecule is CO[C@H]1CCc2ccccc2O1. The topological polar surface area (TPSA) is 18.5 Å². The molecule has 2 rings (SSSR count). The summed E-state index contributed by atoms with van der Waals surface area (Å²) < 4.78 is 10.7. The van der Waals surface area contributed by atoms with E-state index >= 15 is 0 Å². The number of rotatable bonds is 1. The molecule has 64 valence electrons. The minimum Gasteiger partial charge on any atom is -0.465 e. The molecule has 0 aromatic heterocycles. The zero-order valence-electron chi connectivity index (χ0n) is 7.12. The van der Waals surface area contributed by atoms with Crippen LogP contribution in [0.3, 0.4) is 0 Å². The lowest BCUT2D eigenvalue weighted by molar-refractivity contribution is -0.0653. The molecule has 1 atom stereocenters. The Labute approximate surface area is 72.1 Å². The second kappa shape index (κ2) is 3.15. The van der Waals surface area contributed by atoms with Crippen LogP contribution in [0.5, 0.6) is 5.75 Å². The van der Waals surface area contributed by atoms with Crippen molar-refractivity contribution in [2.24, 2.45) is 0 Å². The molecule has 12 heavy (non-hydrogen) atoms. The van der Waals surface area contributed by atoms with Crippen molar-refractivity contribution in [3.8, 4) is 5.75 Å². The van der Waals surface area contributed by atoms with E-state index in [0.717, 1.165) is 18.6 Å². The van der Waals surface area contributed by atoms with E-state index < -0.39 is 0 Å². The first-order chi connectivity index (χ1) is 5.90. The van der Waals surface area contributed by atoms with E-state index in [1.165, 1.54) is 5.56 Å². The molecule has 1 heterocycles. The van der Waals surface area contributed by atoms with Crippen molar-refractivity contribution >= 4 is 0 Å². The van der Waals surface area contributed by atoms with E-state index in [1.54, 1.807) is 7.11 Å². The van der Waals surface area contributed by atoms with Gasteiger partial charge in [0.05, 0.1) is 0 Å². The Bertz CT molecular complexity index is 270. The van der Waals surface area contributed by atoms with Gasteiger partial charge in [-0.05, 0) is 18.1 Å². The van der Waals surface area contributed by atoms with Gasteiger partial charge in [0.1, 0.15) is 5.75 Å². The van der Waals surface area contributed by atoms with Gasteiger partial charge >= 0.3 is 0 Å². The quantitative estimate of drug-likeness (QED) is 0.632. The van der Waals surface area contributed by atoms with Crippen molar-refractivity contribution in [2.75, 3.05) is 7.11 Å². The monoisotopic (exact) mass is 164 g/mol. The molecule has 0 aliphatic carbocycles. The molecule has 2 nitrogen and oxygen atoms in total. The van der Waals surface area contributed by atoms with Crippen LogP contribution in [-0.2, 0) is 11.2 Å². The maximum absolute atomic E-state index is 5.56. The van der Waals surface area contributed by atoms with Crippen LogP contribution < -0.4 is 4.74 Å². The predicted molar refractivity (Wildman–Crippen MR) is 46.2 cm³/mol. The average molecular weight is 164 g/mol. The summed E-state index contributed by atoms with van der Waals surface area (Å²) in [7, 11) is 1.68. The molecule has 0 saturated carbocycles. The van der Waals surface area contributed by atoms with Gasteiger partial charge in [-0.2, -0.15) is 0 Å². The second-order valence-electron chi connectivity index (χ2n) is 2.93. The van der Waals surface area contributed by atoms with Gasteiger partial charge in [0, 0.05) is 13.5 Å². The molecule has 2 heteroatoms. The summed E-state index contributed by atoms with van der Waals surface area (Å²) in [6, 6.07) is 8.11. The number of benzene rings is 1. The first kappa shape index (κ1) is 7.62. The Balaban J connectivity index is 2.23. The smallest absolute Gasteiger partial charge is 0.199 e. The lowest BCUT2D eigenvalue weighted by Crippen LogP contribution is -2.23. The first-order valence-corrected chi connectivity index (χ1v) is 4.17. The molecule has 0 spiro atoms. The lowest BCUT2D eigenvalue weighted by Gasteiger charge is -2.24. The second-order valence-corrected chi connectivity index (χ2v) is 2.93. The molecule has 0 unspecified atom stereocenters. The maximum Gasteiger partial charge on any atom is 0.199 e. The summed E-state index contributed by atoms with van der Waals surface area (Å²) in [5.41, 5.74) is 1.28. The predicted octanol–water partition coefficient (Wildman–Crippen LogP) is 1.98. The van der Waals surface area contributed by atoms with Crippen molar-refractivity contribution in [2.45, 2.75) is 19.1 Å². The highest BCUT2D eigenvalue weighted by molar-refractivity contribution is 5.34. The van der Waals surface area contributed by atoms with Gasteiger partial charge in [-0.3, -0.25) is 0 Å². The van der Waals surface area contributed by atoms with Crippen molar-refractivity contribution < 1.29 is 9.47 Å². The molecular formula is C10H12O2. The third kappa shape index (κ3) is 1.30. The molecule has 0 radical (unpaired) electrons. The van der Waals surface area contributed by atoms with Gasteiger partial charge in [-0.15, -0.1) is 0 Å². The Morgan fingerprint density at radius 1 is 1.42 bits per heavy atom. The number of para-hydroxylation sites is 1. The zero-order chi connectivity index (χ0) is 8.39. The van der Waals surface area contributed by atoms with Crippen LogP contribution in [0.15, 0.2) is 24.3 Å². The summed E-state index contributed by atoms with van der Waals surface area (Å²) in [4.78, 5) is 0. The average Bonchev–Trinajstić information content (AvgIpc) is 2.17. The summed E-state index contributed by atoms with van der Waals surface area (Å²) in [6.45, 7) is 0. The van der Waals surface area contributed by atoms with Crippen molar-refractivity contribution in [3.63, 3.8) is 0 Å². The van der Waals surface area contributed by atoms with Crippen LogP contribution in [0.1, 0.15) is 12.0 Å². The van der Waals surface area contributed by atoms with E-state index in [2.05, 4.69) is 6.07 Å². The molecule has 0 fully saturated rings. The third-order valence-corrected chi connectivity index (χ3v) is 2.14. The van der Waals surface area contributed by atoms with Gasteiger partial charge < -0.3 is 9.47 Å². The Kier molecular flexibility index (Phi) is 2.00. The summed E-state index contributed by atoms with van der Waals surface area (Å²) in [6.07, 6.45) is 1.95. The molecule has 1 aromatic rings. The standard InChI is InChI=1S/C10H12O2/c1-11-10-7-6-8-4-2-3-5-9(8)12-10/h2-5,10H,6-7H2,1H3/t10-/m1/s1.